The van der Waals surface area contributed by atoms with Crippen LogP contribution in [0.1, 0.15) is 41.4 Å². The first-order valence-electron chi connectivity index (χ1n) is 9.80. The number of halogens is 1. The fraction of sp³-hybridized carbons (Fsp3) is 0.304. The number of benzene rings is 2. The zero-order valence-corrected chi connectivity index (χ0v) is 17.2. The van der Waals surface area contributed by atoms with Crippen LogP contribution in [-0.2, 0) is 0 Å². The maximum absolute atomic E-state index is 14.0. The maximum atomic E-state index is 14.0. The second-order valence-electron chi connectivity index (χ2n) is 7.56. The molecular weight excluding hydrogens is 385 g/mol. The number of nitrogens with zero attached hydrogens (tertiary/aromatic N) is 1. The van der Waals surface area contributed by atoms with Gasteiger partial charge in [0.2, 0.25) is 0 Å². The van der Waals surface area contributed by atoms with E-state index in [1.54, 1.807) is 56.4 Å². The topological polar surface area (TPSA) is 94.5 Å². The van der Waals surface area contributed by atoms with Crippen molar-refractivity contribution in [2.24, 2.45) is 0 Å². The Bertz CT molecular complexity index is 1060. The number of pyridine rings is 1. The van der Waals surface area contributed by atoms with Crippen molar-refractivity contribution in [2.45, 2.75) is 39.0 Å². The lowest BCUT2D eigenvalue weighted by atomic mass is 10.00. The summed E-state index contributed by atoms with van der Waals surface area (Å²) in [5.74, 6) is -0.167. The lowest BCUT2D eigenvalue weighted by molar-refractivity contribution is 0.0858. The third kappa shape index (κ3) is 4.93. The Morgan fingerprint density at radius 1 is 1.13 bits per heavy atom. The minimum Gasteiger partial charge on any atom is -0.394 e. The lowest BCUT2D eigenvalue weighted by Gasteiger charge is -2.22. The first-order valence-corrected chi connectivity index (χ1v) is 9.80. The first-order chi connectivity index (χ1) is 14.3. The number of anilines is 1. The molecule has 0 aliphatic heterocycles. The molecule has 0 radical (unpaired) electrons. The van der Waals surface area contributed by atoms with Crippen LogP contribution in [0.5, 0.6) is 0 Å². The number of aromatic nitrogens is 1. The van der Waals surface area contributed by atoms with Crippen molar-refractivity contribution in [1.82, 2.24) is 10.3 Å². The molecule has 1 unspecified atom stereocenters. The van der Waals surface area contributed by atoms with E-state index in [9.17, 15) is 19.4 Å². The molecule has 3 aromatic rings. The zero-order valence-electron chi connectivity index (χ0n) is 17.2. The maximum Gasteiger partial charge on any atom is 0.251 e. The molecule has 3 atom stereocenters. The van der Waals surface area contributed by atoms with Gasteiger partial charge in [-0.3, -0.25) is 4.79 Å². The molecule has 4 N–H and O–H groups in total. The number of aliphatic hydroxyl groups excluding tert-OH is 2. The van der Waals surface area contributed by atoms with E-state index in [2.05, 4.69) is 15.6 Å². The summed E-state index contributed by atoms with van der Waals surface area (Å²) in [7, 11) is 0. The molecule has 0 saturated carbocycles. The number of carbonyl (C=O) groups is 1. The fourth-order valence-electron chi connectivity index (χ4n) is 3.17. The van der Waals surface area contributed by atoms with Crippen molar-refractivity contribution in [3.63, 3.8) is 0 Å². The van der Waals surface area contributed by atoms with Crippen LogP contribution >= 0.6 is 0 Å². The first kappa shape index (κ1) is 21.7. The minimum absolute atomic E-state index is 0.0253. The molecule has 7 heteroatoms. The molecule has 0 aliphatic rings. The van der Waals surface area contributed by atoms with Crippen molar-refractivity contribution in [1.29, 1.82) is 0 Å². The predicted octanol–water partition coefficient (Wildman–Crippen LogP) is 3.33. The van der Waals surface area contributed by atoms with Gasteiger partial charge >= 0.3 is 0 Å². The van der Waals surface area contributed by atoms with Crippen LogP contribution < -0.4 is 10.6 Å². The smallest absolute Gasteiger partial charge is 0.251 e. The zero-order chi connectivity index (χ0) is 21.8. The molecular formula is C23H26FN3O3. The van der Waals surface area contributed by atoms with Crippen LogP contribution in [0.4, 0.5) is 10.2 Å². The van der Waals surface area contributed by atoms with Gasteiger partial charge in [-0.2, -0.15) is 0 Å². The summed E-state index contributed by atoms with van der Waals surface area (Å²) in [6.07, 6.45) is 0.786. The molecule has 1 aromatic heterocycles. The number of amides is 1. The molecule has 0 spiro atoms. The monoisotopic (exact) mass is 411 g/mol. The summed E-state index contributed by atoms with van der Waals surface area (Å²) >= 11 is 0. The Morgan fingerprint density at radius 3 is 2.57 bits per heavy atom. The number of hydrogen-bond acceptors (Lipinski definition) is 5. The van der Waals surface area contributed by atoms with Crippen LogP contribution in [0.2, 0.25) is 0 Å². The highest BCUT2D eigenvalue weighted by molar-refractivity contribution is 5.99. The Morgan fingerprint density at radius 2 is 1.90 bits per heavy atom. The van der Waals surface area contributed by atoms with Gasteiger partial charge in [-0.25, -0.2) is 9.37 Å². The summed E-state index contributed by atoms with van der Waals surface area (Å²) < 4.78 is 14.0. The van der Waals surface area contributed by atoms with Gasteiger partial charge < -0.3 is 20.8 Å². The van der Waals surface area contributed by atoms with Gasteiger partial charge in [0, 0.05) is 23.2 Å². The van der Waals surface area contributed by atoms with Crippen LogP contribution in [0.3, 0.4) is 0 Å². The van der Waals surface area contributed by atoms with E-state index in [-0.39, 0.29) is 24.4 Å². The van der Waals surface area contributed by atoms with Gasteiger partial charge in [0.15, 0.2) is 0 Å². The van der Waals surface area contributed by atoms with E-state index in [4.69, 9.17) is 0 Å². The number of carbonyl (C=O) groups excluding carboxylic acids is 1. The van der Waals surface area contributed by atoms with E-state index in [1.165, 1.54) is 6.07 Å². The van der Waals surface area contributed by atoms with Gasteiger partial charge in [-0.05, 0) is 61.5 Å². The molecule has 2 aromatic carbocycles. The Labute approximate surface area is 174 Å². The third-order valence-electron chi connectivity index (χ3n) is 4.98. The average Bonchev–Trinajstić information content (AvgIpc) is 2.73. The van der Waals surface area contributed by atoms with Crippen molar-refractivity contribution >= 4 is 22.5 Å². The second kappa shape index (κ2) is 9.19. The molecule has 1 heterocycles. The van der Waals surface area contributed by atoms with E-state index in [1.807, 2.05) is 6.92 Å². The van der Waals surface area contributed by atoms with E-state index < -0.39 is 12.1 Å². The van der Waals surface area contributed by atoms with E-state index in [0.29, 0.717) is 22.5 Å². The summed E-state index contributed by atoms with van der Waals surface area (Å²) in [6, 6.07) is 10.8. The molecule has 0 fully saturated rings. The molecule has 6 nitrogen and oxygen atoms in total. The number of aryl methyl sites for hydroxylation is 1. The average molecular weight is 411 g/mol. The van der Waals surface area contributed by atoms with Crippen LogP contribution in [0.15, 0.2) is 48.7 Å². The summed E-state index contributed by atoms with van der Waals surface area (Å²) in [5.41, 5.74) is 1.40. The molecule has 158 valence electrons. The molecule has 30 heavy (non-hydrogen) atoms. The number of fused-ring (bicyclic) bond motifs is 1. The Balaban J connectivity index is 1.85. The van der Waals surface area contributed by atoms with E-state index in [0.717, 1.165) is 10.8 Å². The second-order valence-corrected chi connectivity index (χ2v) is 7.56. The van der Waals surface area contributed by atoms with Crippen LogP contribution in [0, 0.1) is 12.7 Å². The minimum atomic E-state index is -0.906. The summed E-state index contributed by atoms with van der Waals surface area (Å²) in [4.78, 5) is 17.2. The summed E-state index contributed by atoms with van der Waals surface area (Å²) in [6.45, 7) is 5.01. The molecule has 0 bridgehead atoms. The molecule has 1 amide bonds. The quantitative estimate of drug-likeness (QED) is 0.478. The van der Waals surface area contributed by atoms with Crippen LogP contribution in [-0.4, -0.2) is 39.9 Å². The normalized spacial score (nSPS) is 14.2. The van der Waals surface area contributed by atoms with Crippen LogP contribution in [0.25, 0.3) is 10.8 Å². The van der Waals surface area contributed by atoms with Crippen molar-refractivity contribution < 1.29 is 19.4 Å². The lowest BCUT2D eigenvalue weighted by Crippen LogP contribution is -2.35. The van der Waals surface area contributed by atoms with Gasteiger partial charge in [0.25, 0.3) is 5.91 Å². The number of rotatable bonds is 7. The SMILES string of the molecule is Cc1ccc([C@H](NC(=O)c2ccc3cnc(N[C@@H](C)CO)cc3c2)C(C)O)cc1F. The highest BCUT2D eigenvalue weighted by atomic mass is 19.1. The highest BCUT2D eigenvalue weighted by Crippen LogP contribution is 2.22. The third-order valence-corrected chi connectivity index (χ3v) is 4.98. The number of hydrogen-bond donors (Lipinski definition) is 4. The Hall–Kier alpha value is -3.03. The largest absolute Gasteiger partial charge is 0.394 e. The van der Waals surface area contributed by atoms with Crippen molar-refractivity contribution in [3.05, 3.63) is 71.2 Å². The fourth-order valence-corrected chi connectivity index (χ4v) is 3.17. The number of aliphatic hydroxyl groups is 2. The van der Waals surface area contributed by atoms with Gasteiger partial charge in [-0.15, -0.1) is 0 Å². The number of nitrogens with one attached hydrogen (secondary N) is 2. The Kier molecular flexibility index (Phi) is 6.64. The highest BCUT2D eigenvalue weighted by Gasteiger charge is 2.21. The molecule has 3 rings (SSSR count). The van der Waals surface area contributed by atoms with Gasteiger partial charge in [-0.1, -0.05) is 18.2 Å². The van der Waals surface area contributed by atoms with Crippen molar-refractivity contribution in [2.75, 3.05) is 11.9 Å². The summed E-state index contributed by atoms with van der Waals surface area (Å²) in [5, 5.41) is 26.9. The predicted molar refractivity (Wildman–Crippen MR) is 115 cm³/mol. The van der Waals surface area contributed by atoms with E-state index >= 15 is 0 Å². The van der Waals surface area contributed by atoms with Gasteiger partial charge in [0.1, 0.15) is 11.6 Å². The van der Waals surface area contributed by atoms with Gasteiger partial charge in [0.05, 0.1) is 18.8 Å². The standard InChI is InChI=1S/C23H26FN3O3/c1-13-4-5-16(9-20(13)24)22(15(3)29)27-23(30)17-6-7-18-11-25-21(10-19(18)8-17)26-14(2)12-28/h4-11,14-15,22,28-29H,12H2,1-3H3,(H,25,26)(H,27,30)/t14-,15?,22+/m0/s1. The molecule has 0 saturated heterocycles. The van der Waals surface area contributed by atoms with Crippen molar-refractivity contribution in [3.8, 4) is 0 Å². The molecule has 0 aliphatic carbocycles.